The van der Waals surface area contributed by atoms with Crippen LogP contribution in [0.2, 0.25) is 0 Å². The van der Waals surface area contributed by atoms with Gasteiger partial charge in [-0.25, -0.2) is 4.79 Å². The number of urea groups is 1. The Hall–Kier alpha value is -2.12. The maximum atomic E-state index is 11.8. The highest BCUT2D eigenvalue weighted by Gasteiger charge is 2.07. The number of methoxy groups -OCH3 is 1. The standard InChI is InChI=1S/C13H19N3O4/c1-20-8-11(17)6-7-15-12(18)9-2-4-10(5-3-9)16-13(14)19/h2-5,11,17H,6-8H2,1H3,(H,15,18)(H3,14,16,19). The lowest BCUT2D eigenvalue weighted by Gasteiger charge is -2.10. The van der Waals surface area contributed by atoms with Crippen LogP contribution in [-0.2, 0) is 4.74 Å². The number of nitrogens with two attached hydrogens (primary N) is 1. The second kappa shape index (κ2) is 8.13. The van der Waals surface area contributed by atoms with Gasteiger partial charge in [0.2, 0.25) is 0 Å². The topological polar surface area (TPSA) is 114 Å². The van der Waals surface area contributed by atoms with E-state index in [0.717, 1.165) is 0 Å². The quantitative estimate of drug-likeness (QED) is 0.575. The van der Waals surface area contributed by atoms with Gasteiger partial charge in [0.1, 0.15) is 0 Å². The molecule has 1 aromatic rings. The fraction of sp³-hybridized carbons (Fsp3) is 0.385. The molecular formula is C13H19N3O4. The van der Waals surface area contributed by atoms with Crippen molar-refractivity contribution in [3.8, 4) is 0 Å². The first-order valence-electron chi connectivity index (χ1n) is 6.14. The van der Waals surface area contributed by atoms with Crippen LogP contribution in [0.4, 0.5) is 10.5 Å². The summed E-state index contributed by atoms with van der Waals surface area (Å²) in [7, 11) is 1.50. The normalized spacial score (nSPS) is 11.7. The van der Waals surface area contributed by atoms with Crippen molar-refractivity contribution in [2.45, 2.75) is 12.5 Å². The van der Waals surface area contributed by atoms with Crippen molar-refractivity contribution in [2.24, 2.45) is 5.73 Å². The first-order valence-corrected chi connectivity index (χ1v) is 6.14. The van der Waals surface area contributed by atoms with Crippen molar-refractivity contribution < 1.29 is 19.4 Å². The summed E-state index contributed by atoms with van der Waals surface area (Å²) in [5.74, 6) is -0.250. The number of hydrogen-bond acceptors (Lipinski definition) is 4. The van der Waals surface area contributed by atoms with E-state index in [1.807, 2.05) is 0 Å². The molecule has 0 aliphatic heterocycles. The van der Waals surface area contributed by atoms with Crippen LogP contribution in [0, 0.1) is 0 Å². The van der Waals surface area contributed by atoms with E-state index >= 15 is 0 Å². The van der Waals surface area contributed by atoms with Crippen LogP contribution >= 0.6 is 0 Å². The molecular weight excluding hydrogens is 262 g/mol. The molecule has 0 saturated heterocycles. The van der Waals surface area contributed by atoms with Gasteiger partial charge in [0, 0.05) is 24.9 Å². The summed E-state index contributed by atoms with van der Waals surface area (Å²) in [5, 5.41) is 14.5. The first-order chi connectivity index (χ1) is 9.52. The fourth-order valence-electron chi connectivity index (χ4n) is 1.58. The molecule has 0 aliphatic carbocycles. The molecule has 0 aliphatic rings. The van der Waals surface area contributed by atoms with Crippen LogP contribution in [0.5, 0.6) is 0 Å². The maximum Gasteiger partial charge on any atom is 0.316 e. The summed E-state index contributed by atoms with van der Waals surface area (Å²) in [5.41, 5.74) is 5.96. The number of rotatable bonds is 7. The zero-order valence-electron chi connectivity index (χ0n) is 11.3. The Morgan fingerprint density at radius 3 is 2.55 bits per heavy atom. The molecule has 1 atom stereocenters. The Morgan fingerprint density at radius 1 is 1.35 bits per heavy atom. The first kappa shape index (κ1) is 15.9. The van der Waals surface area contributed by atoms with Crippen LogP contribution in [-0.4, -0.2) is 43.4 Å². The molecule has 20 heavy (non-hydrogen) atoms. The molecule has 0 bridgehead atoms. The molecule has 0 heterocycles. The Kier molecular flexibility index (Phi) is 6.48. The van der Waals surface area contributed by atoms with Crippen LogP contribution in [0.1, 0.15) is 16.8 Å². The van der Waals surface area contributed by atoms with Gasteiger partial charge in [-0.3, -0.25) is 4.79 Å². The molecule has 110 valence electrons. The van der Waals surface area contributed by atoms with E-state index in [0.29, 0.717) is 24.2 Å². The van der Waals surface area contributed by atoms with Crippen molar-refractivity contribution >= 4 is 17.6 Å². The monoisotopic (exact) mass is 281 g/mol. The molecule has 7 heteroatoms. The van der Waals surface area contributed by atoms with Gasteiger partial charge < -0.3 is 26.2 Å². The molecule has 0 fully saturated rings. The number of ether oxygens (including phenoxy) is 1. The lowest BCUT2D eigenvalue weighted by atomic mass is 10.2. The number of aliphatic hydroxyl groups excluding tert-OH is 1. The third-order valence-corrected chi connectivity index (χ3v) is 2.54. The Bertz CT molecular complexity index is 447. The van der Waals surface area contributed by atoms with E-state index < -0.39 is 12.1 Å². The molecule has 0 saturated carbocycles. The highest BCUT2D eigenvalue weighted by Crippen LogP contribution is 2.09. The van der Waals surface area contributed by atoms with Crippen molar-refractivity contribution in [2.75, 3.05) is 25.6 Å². The zero-order valence-corrected chi connectivity index (χ0v) is 11.3. The Labute approximate surface area is 117 Å². The number of anilines is 1. The minimum Gasteiger partial charge on any atom is -0.391 e. The van der Waals surface area contributed by atoms with Gasteiger partial charge in [0.15, 0.2) is 0 Å². The summed E-state index contributed by atoms with van der Waals surface area (Å²) in [4.78, 5) is 22.4. The highest BCUT2D eigenvalue weighted by molar-refractivity contribution is 5.95. The molecule has 5 N–H and O–H groups in total. The third kappa shape index (κ3) is 5.68. The molecule has 1 aromatic carbocycles. The average Bonchev–Trinajstić information content (AvgIpc) is 2.39. The van der Waals surface area contributed by atoms with Crippen LogP contribution in [0.3, 0.4) is 0 Å². The molecule has 0 aromatic heterocycles. The molecule has 3 amide bonds. The summed E-state index contributed by atoms with van der Waals surface area (Å²) in [6, 6.07) is 5.66. The van der Waals surface area contributed by atoms with Gasteiger partial charge in [-0.15, -0.1) is 0 Å². The lowest BCUT2D eigenvalue weighted by molar-refractivity contribution is 0.0587. The number of amides is 3. The average molecular weight is 281 g/mol. The number of aliphatic hydroxyl groups is 1. The van der Waals surface area contributed by atoms with Crippen LogP contribution in [0.25, 0.3) is 0 Å². The summed E-state index contributed by atoms with van der Waals surface area (Å²) >= 11 is 0. The Balaban J connectivity index is 2.41. The van der Waals surface area contributed by atoms with Crippen molar-refractivity contribution in [3.63, 3.8) is 0 Å². The molecule has 7 nitrogen and oxygen atoms in total. The van der Waals surface area contributed by atoms with Gasteiger partial charge in [0.05, 0.1) is 12.7 Å². The van der Waals surface area contributed by atoms with E-state index in [2.05, 4.69) is 10.6 Å². The van der Waals surface area contributed by atoms with E-state index in [1.54, 1.807) is 24.3 Å². The van der Waals surface area contributed by atoms with Gasteiger partial charge >= 0.3 is 6.03 Å². The smallest absolute Gasteiger partial charge is 0.316 e. The molecule has 1 unspecified atom stereocenters. The molecule has 0 spiro atoms. The van der Waals surface area contributed by atoms with E-state index in [1.165, 1.54) is 7.11 Å². The van der Waals surface area contributed by atoms with E-state index in [-0.39, 0.29) is 12.5 Å². The number of carbonyl (C=O) groups is 2. The predicted molar refractivity (Wildman–Crippen MR) is 74.5 cm³/mol. The molecule has 0 radical (unpaired) electrons. The van der Waals surface area contributed by atoms with Gasteiger partial charge in [-0.2, -0.15) is 0 Å². The minimum absolute atomic E-state index is 0.239. The summed E-state index contributed by atoms with van der Waals surface area (Å²) in [6.07, 6.45) is -0.177. The largest absolute Gasteiger partial charge is 0.391 e. The number of nitrogens with one attached hydrogen (secondary N) is 2. The van der Waals surface area contributed by atoms with E-state index in [4.69, 9.17) is 10.5 Å². The predicted octanol–water partition coefficient (Wildman–Crippen LogP) is 0.304. The number of primary amides is 1. The third-order valence-electron chi connectivity index (χ3n) is 2.54. The summed E-state index contributed by atoms with van der Waals surface area (Å²) < 4.78 is 4.78. The van der Waals surface area contributed by atoms with Crippen molar-refractivity contribution in [3.05, 3.63) is 29.8 Å². The fourth-order valence-corrected chi connectivity index (χ4v) is 1.58. The van der Waals surface area contributed by atoms with Gasteiger partial charge in [-0.05, 0) is 30.7 Å². The van der Waals surface area contributed by atoms with Crippen molar-refractivity contribution in [1.29, 1.82) is 0 Å². The SMILES string of the molecule is COCC(O)CCNC(=O)c1ccc(NC(N)=O)cc1. The van der Waals surface area contributed by atoms with Gasteiger partial charge in [-0.1, -0.05) is 0 Å². The summed E-state index contributed by atoms with van der Waals surface area (Å²) in [6.45, 7) is 0.591. The molecule has 1 rings (SSSR count). The number of carbonyl (C=O) groups excluding carboxylic acids is 2. The Morgan fingerprint density at radius 2 is 2.00 bits per heavy atom. The number of benzene rings is 1. The van der Waals surface area contributed by atoms with Crippen molar-refractivity contribution in [1.82, 2.24) is 5.32 Å². The maximum absolute atomic E-state index is 11.8. The number of hydrogen-bond donors (Lipinski definition) is 4. The van der Waals surface area contributed by atoms with Crippen LogP contribution < -0.4 is 16.4 Å². The second-order valence-electron chi connectivity index (χ2n) is 4.22. The highest BCUT2D eigenvalue weighted by atomic mass is 16.5. The lowest BCUT2D eigenvalue weighted by Crippen LogP contribution is -2.28. The van der Waals surface area contributed by atoms with Crippen LogP contribution in [0.15, 0.2) is 24.3 Å². The van der Waals surface area contributed by atoms with Gasteiger partial charge in [0.25, 0.3) is 5.91 Å². The minimum atomic E-state index is -0.658. The zero-order chi connectivity index (χ0) is 15.0. The van der Waals surface area contributed by atoms with E-state index in [9.17, 15) is 14.7 Å². The second-order valence-corrected chi connectivity index (χ2v) is 4.22.